The number of benzene rings is 1. The molecule has 2 aromatic rings. The highest BCUT2D eigenvalue weighted by molar-refractivity contribution is 7.14. The number of hydrogen-bond acceptors (Lipinski definition) is 2. The maximum atomic E-state index is 13.1. The fraction of sp³-hybridized carbons (Fsp3) is 0.154. The zero-order chi connectivity index (χ0) is 12.4. The molecule has 2 rings (SSSR count). The number of carboxylic acid groups (broad SMARTS) is 1. The van der Waals surface area contributed by atoms with Crippen LogP contribution in [0.15, 0.2) is 36.4 Å². The minimum atomic E-state index is -0.923. The summed E-state index contributed by atoms with van der Waals surface area (Å²) in [7, 11) is 0. The second-order valence-electron chi connectivity index (χ2n) is 3.78. The van der Waals surface area contributed by atoms with E-state index >= 15 is 0 Å². The van der Waals surface area contributed by atoms with Crippen LogP contribution in [0.2, 0.25) is 0 Å². The van der Waals surface area contributed by atoms with E-state index in [1.165, 1.54) is 23.5 Å². The van der Waals surface area contributed by atoms with Crippen LogP contribution < -0.4 is 0 Å². The van der Waals surface area contributed by atoms with Crippen molar-refractivity contribution in [3.63, 3.8) is 0 Å². The maximum Gasteiger partial charge on any atom is 0.345 e. The van der Waals surface area contributed by atoms with Gasteiger partial charge in [-0.1, -0.05) is 19.1 Å². The van der Waals surface area contributed by atoms with Crippen LogP contribution in [0.3, 0.4) is 0 Å². The zero-order valence-electron chi connectivity index (χ0n) is 9.18. The van der Waals surface area contributed by atoms with E-state index in [0.717, 1.165) is 10.4 Å². The SMILES string of the molecule is CC(c1cccc(F)c1)c1ccc(C(=O)O)s1. The van der Waals surface area contributed by atoms with Gasteiger partial charge >= 0.3 is 5.97 Å². The lowest BCUT2D eigenvalue weighted by atomic mass is 10.00. The Kier molecular flexibility index (Phi) is 3.24. The fourth-order valence-electron chi connectivity index (χ4n) is 1.64. The number of thiophene rings is 1. The Balaban J connectivity index is 2.30. The first-order valence-corrected chi connectivity index (χ1v) is 5.98. The molecule has 0 aliphatic heterocycles. The van der Waals surface area contributed by atoms with Crippen molar-refractivity contribution in [2.75, 3.05) is 0 Å². The van der Waals surface area contributed by atoms with Crippen LogP contribution in [-0.4, -0.2) is 11.1 Å². The summed E-state index contributed by atoms with van der Waals surface area (Å²) >= 11 is 1.23. The summed E-state index contributed by atoms with van der Waals surface area (Å²) in [6.45, 7) is 1.94. The van der Waals surface area contributed by atoms with E-state index < -0.39 is 5.97 Å². The number of carboxylic acids is 1. The van der Waals surface area contributed by atoms with Crippen molar-refractivity contribution < 1.29 is 14.3 Å². The first-order valence-electron chi connectivity index (χ1n) is 5.16. The number of halogens is 1. The van der Waals surface area contributed by atoms with Crippen molar-refractivity contribution >= 4 is 17.3 Å². The van der Waals surface area contributed by atoms with E-state index in [9.17, 15) is 9.18 Å². The minimum Gasteiger partial charge on any atom is -0.477 e. The smallest absolute Gasteiger partial charge is 0.345 e. The lowest BCUT2D eigenvalue weighted by Crippen LogP contribution is -1.94. The summed E-state index contributed by atoms with van der Waals surface area (Å²) in [5.74, 6) is -1.19. The van der Waals surface area contributed by atoms with Gasteiger partial charge in [0.05, 0.1) is 0 Å². The van der Waals surface area contributed by atoms with Crippen LogP contribution in [0.1, 0.15) is 33.0 Å². The zero-order valence-corrected chi connectivity index (χ0v) is 10.00. The van der Waals surface area contributed by atoms with Gasteiger partial charge in [-0.2, -0.15) is 0 Å². The molecule has 1 heterocycles. The summed E-state index contributed by atoms with van der Waals surface area (Å²) in [6.07, 6.45) is 0. The highest BCUT2D eigenvalue weighted by atomic mass is 32.1. The normalized spacial score (nSPS) is 12.4. The van der Waals surface area contributed by atoms with Crippen LogP contribution in [-0.2, 0) is 0 Å². The van der Waals surface area contributed by atoms with Gasteiger partial charge in [0.15, 0.2) is 0 Å². The molecule has 1 atom stereocenters. The van der Waals surface area contributed by atoms with Gasteiger partial charge in [-0.3, -0.25) is 0 Å². The molecule has 0 bridgehead atoms. The van der Waals surface area contributed by atoms with Gasteiger partial charge in [0.1, 0.15) is 10.7 Å². The monoisotopic (exact) mass is 250 g/mol. The lowest BCUT2D eigenvalue weighted by molar-refractivity contribution is 0.0702. The second kappa shape index (κ2) is 4.67. The molecule has 17 heavy (non-hydrogen) atoms. The molecule has 0 saturated heterocycles. The second-order valence-corrected chi connectivity index (χ2v) is 4.90. The van der Waals surface area contributed by atoms with E-state index in [1.807, 2.05) is 13.0 Å². The molecule has 0 radical (unpaired) electrons. The average Bonchev–Trinajstić information content (AvgIpc) is 2.77. The molecule has 1 aromatic carbocycles. The van der Waals surface area contributed by atoms with Crippen LogP contribution in [0.25, 0.3) is 0 Å². The van der Waals surface area contributed by atoms with E-state index in [2.05, 4.69) is 0 Å². The first kappa shape index (κ1) is 11.8. The predicted octanol–water partition coefficient (Wildman–Crippen LogP) is 3.74. The van der Waals surface area contributed by atoms with Crippen molar-refractivity contribution in [1.82, 2.24) is 0 Å². The van der Waals surface area contributed by atoms with Crippen LogP contribution >= 0.6 is 11.3 Å². The van der Waals surface area contributed by atoms with Gasteiger partial charge in [-0.25, -0.2) is 9.18 Å². The predicted molar refractivity (Wildman–Crippen MR) is 65.2 cm³/mol. The van der Waals surface area contributed by atoms with Crippen LogP contribution in [0.4, 0.5) is 4.39 Å². The van der Waals surface area contributed by atoms with Gasteiger partial charge in [0, 0.05) is 10.8 Å². The largest absolute Gasteiger partial charge is 0.477 e. The van der Waals surface area contributed by atoms with Crippen molar-refractivity contribution in [3.8, 4) is 0 Å². The highest BCUT2D eigenvalue weighted by Crippen LogP contribution is 2.30. The summed E-state index contributed by atoms with van der Waals surface area (Å²) < 4.78 is 13.1. The van der Waals surface area contributed by atoms with Gasteiger partial charge in [0.2, 0.25) is 0 Å². The number of carbonyl (C=O) groups is 1. The van der Waals surface area contributed by atoms with Crippen LogP contribution in [0, 0.1) is 5.82 Å². The van der Waals surface area contributed by atoms with E-state index in [1.54, 1.807) is 18.2 Å². The molecular formula is C13H11FO2S. The Bertz CT molecular complexity index is 548. The highest BCUT2D eigenvalue weighted by Gasteiger charge is 2.14. The molecule has 4 heteroatoms. The molecule has 0 aliphatic rings. The van der Waals surface area contributed by atoms with Gasteiger partial charge in [-0.15, -0.1) is 11.3 Å². The third kappa shape index (κ3) is 2.53. The molecule has 0 aliphatic carbocycles. The Morgan fingerprint density at radius 1 is 1.35 bits per heavy atom. The molecule has 0 fully saturated rings. The summed E-state index contributed by atoms with van der Waals surface area (Å²) in [5, 5.41) is 8.85. The van der Waals surface area contributed by atoms with Gasteiger partial charge in [-0.05, 0) is 29.8 Å². The topological polar surface area (TPSA) is 37.3 Å². The first-order chi connectivity index (χ1) is 8.08. The van der Waals surface area contributed by atoms with E-state index in [4.69, 9.17) is 5.11 Å². The van der Waals surface area contributed by atoms with Crippen LogP contribution in [0.5, 0.6) is 0 Å². The van der Waals surface area contributed by atoms with Crippen molar-refractivity contribution in [3.05, 3.63) is 57.5 Å². The number of aromatic carboxylic acids is 1. The standard InChI is InChI=1S/C13H11FO2S/c1-8(9-3-2-4-10(14)7-9)11-5-6-12(17-11)13(15)16/h2-8H,1H3,(H,15,16). The number of hydrogen-bond donors (Lipinski definition) is 1. The van der Waals surface area contributed by atoms with Crippen molar-refractivity contribution in [2.24, 2.45) is 0 Å². The van der Waals surface area contributed by atoms with Gasteiger partial charge in [0.25, 0.3) is 0 Å². The lowest BCUT2D eigenvalue weighted by Gasteiger charge is -2.09. The molecule has 0 saturated carbocycles. The Morgan fingerprint density at radius 3 is 2.71 bits per heavy atom. The minimum absolute atomic E-state index is 0.00352. The third-order valence-corrected chi connectivity index (χ3v) is 3.87. The molecule has 1 N–H and O–H groups in total. The Hall–Kier alpha value is -1.68. The van der Waals surface area contributed by atoms with Crippen molar-refractivity contribution in [2.45, 2.75) is 12.8 Å². The molecular weight excluding hydrogens is 239 g/mol. The fourth-order valence-corrected chi connectivity index (χ4v) is 2.57. The number of rotatable bonds is 3. The van der Waals surface area contributed by atoms with Crippen molar-refractivity contribution in [1.29, 1.82) is 0 Å². The molecule has 1 aromatic heterocycles. The molecule has 0 amide bonds. The summed E-state index contributed by atoms with van der Waals surface area (Å²) in [5.41, 5.74) is 0.851. The molecule has 88 valence electrons. The molecule has 0 spiro atoms. The molecule has 1 unspecified atom stereocenters. The Morgan fingerprint density at radius 2 is 2.12 bits per heavy atom. The van der Waals surface area contributed by atoms with E-state index in [0.29, 0.717) is 4.88 Å². The van der Waals surface area contributed by atoms with E-state index in [-0.39, 0.29) is 11.7 Å². The maximum absolute atomic E-state index is 13.1. The molecule has 2 nitrogen and oxygen atoms in total. The summed E-state index contributed by atoms with van der Waals surface area (Å²) in [6, 6.07) is 9.74. The Labute approximate surface area is 102 Å². The third-order valence-electron chi connectivity index (χ3n) is 2.61. The average molecular weight is 250 g/mol. The van der Waals surface area contributed by atoms with Gasteiger partial charge < -0.3 is 5.11 Å². The summed E-state index contributed by atoms with van der Waals surface area (Å²) in [4.78, 5) is 12.0. The quantitative estimate of drug-likeness (QED) is 0.901.